The zero-order valence-corrected chi connectivity index (χ0v) is 19.9. The summed E-state index contributed by atoms with van der Waals surface area (Å²) in [6.45, 7) is 2.69. The molecule has 1 saturated heterocycles. The number of ether oxygens (including phenoxy) is 2. The van der Waals surface area contributed by atoms with Crippen molar-refractivity contribution in [2.75, 3.05) is 11.5 Å². The molecule has 0 aromatic heterocycles. The van der Waals surface area contributed by atoms with Crippen LogP contribution in [0.25, 0.3) is 6.08 Å². The first-order chi connectivity index (χ1) is 16.5. The smallest absolute Gasteiger partial charge is 0.270 e. The van der Waals surface area contributed by atoms with E-state index in [-0.39, 0.29) is 10.7 Å². The molecule has 1 fully saturated rings. The lowest BCUT2D eigenvalue weighted by Gasteiger charge is -2.29. The molecule has 34 heavy (non-hydrogen) atoms. The van der Waals surface area contributed by atoms with Gasteiger partial charge in [0.05, 0.1) is 12.3 Å². The Balaban J connectivity index is 1.61. The summed E-state index contributed by atoms with van der Waals surface area (Å²) < 4.78 is 11.7. The van der Waals surface area contributed by atoms with Crippen molar-refractivity contribution in [3.05, 3.63) is 94.5 Å². The standard InChI is InChI=1S/C26H21ClN2O4S/c1-2-32-23-15-18(8-13-22(23)33-16-17-6-4-3-5-7-17)14-21-24(30)28-26(34)29(25(21)31)20-11-9-19(27)10-12-20/h3-15H,2,16H2,1H3,(H,28,30,34)/b21-14+. The van der Waals surface area contributed by atoms with Gasteiger partial charge in [0.1, 0.15) is 12.2 Å². The summed E-state index contributed by atoms with van der Waals surface area (Å²) in [4.78, 5) is 27.1. The molecule has 1 heterocycles. The van der Waals surface area contributed by atoms with Crippen molar-refractivity contribution in [2.45, 2.75) is 13.5 Å². The van der Waals surface area contributed by atoms with Crippen LogP contribution in [0.4, 0.5) is 5.69 Å². The Bertz CT molecular complexity index is 1260. The molecule has 172 valence electrons. The lowest BCUT2D eigenvalue weighted by Crippen LogP contribution is -2.54. The molecule has 8 heteroatoms. The molecule has 0 aliphatic carbocycles. The maximum Gasteiger partial charge on any atom is 0.270 e. The van der Waals surface area contributed by atoms with E-state index in [4.69, 9.17) is 33.3 Å². The van der Waals surface area contributed by atoms with Gasteiger partial charge >= 0.3 is 0 Å². The molecule has 1 N–H and O–H groups in total. The molecule has 0 bridgehead atoms. The normalized spacial score (nSPS) is 14.8. The lowest BCUT2D eigenvalue weighted by atomic mass is 10.1. The number of halogens is 1. The van der Waals surface area contributed by atoms with Gasteiger partial charge in [-0.1, -0.05) is 48.0 Å². The quantitative estimate of drug-likeness (QED) is 0.281. The van der Waals surface area contributed by atoms with Crippen LogP contribution in [0, 0.1) is 0 Å². The first-order valence-electron chi connectivity index (χ1n) is 10.6. The van der Waals surface area contributed by atoms with E-state index >= 15 is 0 Å². The molecular formula is C26H21ClN2O4S. The molecule has 2 amide bonds. The number of carbonyl (C=O) groups is 2. The number of amides is 2. The molecule has 6 nitrogen and oxygen atoms in total. The number of hydrogen-bond donors (Lipinski definition) is 1. The summed E-state index contributed by atoms with van der Waals surface area (Å²) in [5, 5.41) is 3.11. The third-order valence-electron chi connectivity index (χ3n) is 5.00. The van der Waals surface area contributed by atoms with Gasteiger partial charge in [-0.25, -0.2) is 0 Å². The summed E-state index contributed by atoms with van der Waals surface area (Å²) in [7, 11) is 0. The predicted molar refractivity (Wildman–Crippen MR) is 136 cm³/mol. The Hall–Kier alpha value is -3.68. The van der Waals surface area contributed by atoms with Crippen molar-refractivity contribution in [1.82, 2.24) is 5.32 Å². The van der Waals surface area contributed by atoms with Gasteiger partial charge in [0, 0.05) is 5.02 Å². The summed E-state index contributed by atoms with van der Waals surface area (Å²) in [5.74, 6) is -0.0150. The second kappa shape index (κ2) is 10.5. The number of nitrogens with one attached hydrogen (secondary N) is 1. The van der Waals surface area contributed by atoms with Crippen LogP contribution < -0.4 is 19.7 Å². The van der Waals surface area contributed by atoms with Gasteiger partial charge in [-0.15, -0.1) is 0 Å². The average molecular weight is 493 g/mol. The topological polar surface area (TPSA) is 67.9 Å². The number of carbonyl (C=O) groups excluding carboxylic acids is 2. The van der Waals surface area contributed by atoms with E-state index in [1.807, 2.05) is 37.3 Å². The maximum absolute atomic E-state index is 13.2. The van der Waals surface area contributed by atoms with Crippen LogP contribution in [0.5, 0.6) is 11.5 Å². The zero-order chi connectivity index (χ0) is 24.1. The fourth-order valence-electron chi connectivity index (χ4n) is 3.39. The first kappa shape index (κ1) is 23.5. The predicted octanol–water partition coefficient (Wildman–Crippen LogP) is 5.15. The minimum absolute atomic E-state index is 0.00846. The third-order valence-corrected chi connectivity index (χ3v) is 5.54. The van der Waals surface area contributed by atoms with Crippen molar-refractivity contribution in [3.8, 4) is 11.5 Å². The fourth-order valence-corrected chi connectivity index (χ4v) is 3.79. The molecule has 0 saturated carbocycles. The minimum atomic E-state index is -0.567. The van der Waals surface area contributed by atoms with Crippen molar-refractivity contribution >= 4 is 52.5 Å². The van der Waals surface area contributed by atoms with E-state index in [9.17, 15) is 9.59 Å². The second-order valence-corrected chi connectivity index (χ2v) is 8.17. The van der Waals surface area contributed by atoms with Gasteiger partial charge in [-0.2, -0.15) is 0 Å². The molecule has 0 radical (unpaired) electrons. The van der Waals surface area contributed by atoms with Gasteiger partial charge in [-0.3, -0.25) is 19.8 Å². The number of benzene rings is 3. The van der Waals surface area contributed by atoms with E-state index in [1.165, 1.54) is 11.0 Å². The molecule has 1 aliphatic heterocycles. The lowest BCUT2D eigenvalue weighted by molar-refractivity contribution is -0.122. The summed E-state index contributed by atoms with van der Waals surface area (Å²) >= 11 is 11.2. The third kappa shape index (κ3) is 5.27. The Morgan fingerprint density at radius 2 is 1.71 bits per heavy atom. The van der Waals surface area contributed by atoms with Gasteiger partial charge in [-0.05, 0) is 72.7 Å². The van der Waals surface area contributed by atoms with Crippen LogP contribution in [0.1, 0.15) is 18.1 Å². The van der Waals surface area contributed by atoms with E-state index in [2.05, 4.69) is 5.32 Å². The number of thiocarbonyl (C=S) groups is 1. The maximum atomic E-state index is 13.2. The SMILES string of the molecule is CCOc1cc(/C=C2\C(=O)NC(=S)N(c3ccc(Cl)cc3)C2=O)ccc1OCc1ccccc1. The molecule has 0 unspecified atom stereocenters. The van der Waals surface area contributed by atoms with Crippen LogP contribution in [0.15, 0.2) is 78.4 Å². The van der Waals surface area contributed by atoms with Gasteiger partial charge < -0.3 is 9.47 Å². The van der Waals surface area contributed by atoms with Gasteiger partial charge in [0.2, 0.25) is 0 Å². The van der Waals surface area contributed by atoms with E-state index in [0.29, 0.717) is 41.0 Å². The first-order valence-corrected chi connectivity index (χ1v) is 11.4. The van der Waals surface area contributed by atoms with Crippen LogP contribution in [0.3, 0.4) is 0 Å². The zero-order valence-electron chi connectivity index (χ0n) is 18.3. The fraction of sp³-hybridized carbons (Fsp3) is 0.115. The van der Waals surface area contributed by atoms with E-state index in [0.717, 1.165) is 5.56 Å². The highest BCUT2D eigenvalue weighted by Crippen LogP contribution is 2.31. The number of anilines is 1. The van der Waals surface area contributed by atoms with Gasteiger partial charge in [0.25, 0.3) is 11.8 Å². The van der Waals surface area contributed by atoms with Crippen LogP contribution in [-0.4, -0.2) is 23.5 Å². The highest BCUT2D eigenvalue weighted by molar-refractivity contribution is 7.80. The minimum Gasteiger partial charge on any atom is -0.490 e. The second-order valence-electron chi connectivity index (χ2n) is 7.35. The van der Waals surface area contributed by atoms with Crippen LogP contribution in [-0.2, 0) is 16.2 Å². The number of rotatable bonds is 7. The molecule has 3 aromatic rings. The molecular weight excluding hydrogens is 472 g/mol. The number of hydrogen-bond acceptors (Lipinski definition) is 5. The summed E-state index contributed by atoms with van der Waals surface area (Å²) in [6.07, 6.45) is 1.51. The molecule has 0 atom stereocenters. The monoisotopic (exact) mass is 492 g/mol. The van der Waals surface area contributed by atoms with E-state index < -0.39 is 11.8 Å². The largest absolute Gasteiger partial charge is 0.490 e. The Morgan fingerprint density at radius 3 is 2.41 bits per heavy atom. The molecule has 4 rings (SSSR count). The van der Waals surface area contributed by atoms with Crippen LogP contribution in [0.2, 0.25) is 5.02 Å². The summed E-state index contributed by atoms with van der Waals surface area (Å²) in [5.41, 5.74) is 2.09. The highest BCUT2D eigenvalue weighted by atomic mass is 35.5. The van der Waals surface area contributed by atoms with E-state index in [1.54, 1.807) is 42.5 Å². The summed E-state index contributed by atoms with van der Waals surface area (Å²) in [6, 6.07) is 21.7. The Labute approximate surface area is 207 Å². The highest BCUT2D eigenvalue weighted by Gasteiger charge is 2.34. The molecule has 1 aliphatic rings. The Morgan fingerprint density at radius 1 is 0.971 bits per heavy atom. The Kier molecular flexibility index (Phi) is 7.25. The van der Waals surface area contributed by atoms with Crippen molar-refractivity contribution < 1.29 is 19.1 Å². The van der Waals surface area contributed by atoms with Crippen molar-refractivity contribution in [2.24, 2.45) is 0 Å². The van der Waals surface area contributed by atoms with Gasteiger partial charge in [0.15, 0.2) is 16.6 Å². The van der Waals surface area contributed by atoms with Crippen molar-refractivity contribution in [1.29, 1.82) is 0 Å². The molecule has 0 spiro atoms. The number of nitrogens with zero attached hydrogens (tertiary/aromatic N) is 1. The average Bonchev–Trinajstić information content (AvgIpc) is 2.83. The molecule has 3 aromatic carbocycles. The van der Waals surface area contributed by atoms with Crippen LogP contribution >= 0.6 is 23.8 Å². The van der Waals surface area contributed by atoms with Crippen molar-refractivity contribution in [3.63, 3.8) is 0 Å².